The topological polar surface area (TPSA) is 55.1 Å². The number of nitrogens with two attached hydrogens (primary N) is 1. The Kier molecular flexibility index (Phi) is 6.00. The van der Waals surface area contributed by atoms with E-state index in [1.165, 1.54) is 6.42 Å². The number of halogens is 3. The Balaban J connectivity index is 0.00000176. The van der Waals surface area contributed by atoms with E-state index < -0.39 is 0 Å². The lowest BCUT2D eigenvalue weighted by Gasteiger charge is -2.45. The minimum atomic E-state index is -0.103. The lowest BCUT2D eigenvalue weighted by atomic mass is 9.67. The van der Waals surface area contributed by atoms with Crippen LogP contribution in [0.5, 0.6) is 0 Å². The summed E-state index contributed by atoms with van der Waals surface area (Å²) >= 11 is 12.0. The van der Waals surface area contributed by atoms with Gasteiger partial charge < -0.3 is 11.1 Å². The average molecular weight is 364 g/mol. The highest BCUT2D eigenvalue weighted by Gasteiger charge is 2.40. The molecule has 2 saturated carbocycles. The SMILES string of the molecule is Cl.NC1CC2CCCC(C1)C2NC(=O)c1ccc(Cl)cc1Cl. The molecule has 0 heterocycles. The molecule has 1 aromatic rings. The predicted molar refractivity (Wildman–Crippen MR) is 93.0 cm³/mol. The van der Waals surface area contributed by atoms with Crippen LogP contribution in [0.25, 0.3) is 0 Å². The van der Waals surface area contributed by atoms with Crippen LogP contribution >= 0.6 is 35.6 Å². The molecule has 0 radical (unpaired) electrons. The van der Waals surface area contributed by atoms with E-state index in [1.807, 2.05) is 0 Å². The van der Waals surface area contributed by atoms with Crippen molar-refractivity contribution in [1.82, 2.24) is 5.32 Å². The summed E-state index contributed by atoms with van der Waals surface area (Å²) in [4.78, 5) is 12.5. The Morgan fingerprint density at radius 1 is 1.18 bits per heavy atom. The van der Waals surface area contributed by atoms with E-state index in [9.17, 15) is 4.79 Å². The maximum absolute atomic E-state index is 12.5. The zero-order valence-corrected chi connectivity index (χ0v) is 14.6. The molecule has 2 aliphatic rings. The Morgan fingerprint density at radius 2 is 1.82 bits per heavy atom. The molecule has 3 rings (SSSR count). The molecule has 1 aromatic carbocycles. The number of fused-ring (bicyclic) bond motifs is 2. The van der Waals surface area contributed by atoms with Crippen LogP contribution in [0.15, 0.2) is 18.2 Å². The molecule has 2 unspecified atom stereocenters. The number of hydrogen-bond acceptors (Lipinski definition) is 2. The summed E-state index contributed by atoms with van der Waals surface area (Å²) in [6.45, 7) is 0. The van der Waals surface area contributed by atoms with Crippen LogP contribution in [0.4, 0.5) is 0 Å². The summed E-state index contributed by atoms with van der Waals surface area (Å²) in [5.74, 6) is 0.902. The number of benzene rings is 1. The van der Waals surface area contributed by atoms with Gasteiger partial charge in [0.25, 0.3) is 5.91 Å². The number of rotatable bonds is 2. The van der Waals surface area contributed by atoms with Crippen molar-refractivity contribution in [1.29, 1.82) is 0 Å². The molecule has 1 amide bonds. The van der Waals surface area contributed by atoms with Crippen molar-refractivity contribution in [3.8, 4) is 0 Å². The van der Waals surface area contributed by atoms with Crippen molar-refractivity contribution in [3.05, 3.63) is 33.8 Å². The van der Waals surface area contributed by atoms with Crippen molar-refractivity contribution in [2.45, 2.75) is 44.2 Å². The van der Waals surface area contributed by atoms with Gasteiger partial charge in [-0.25, -0.2) is 0 Å². The first kappa shape index (κ1) is 17.9. The molecule has 3 N–H and O–H groups in total. The van der Waals surface area contributed by atoms with Crippen LogP contribution in [-0.4, -0.2) is 18.0 Å². The zero-order chi connectivity index (χ0) is 15.0. The second-order valence-electron chi connectivity index (χ2n) is 6.31. The molecule has 0 aromatic heterocycles. The van der Waals surface area contributed by atoms with E-state index >= 15 is 0 Å². The van der Waals surface area contributed by atoms with Crippen LogP contribution in [0, 0.1) is 11.8 Å². The fourth-order valence-corrected chi connectivity index (χ4v) is 4.42. The molecule has 2 aliphatic carbocycles. The van der Waals surface area contributed by atoms with Gasteiger partial charge in [0, 0.05) is 17.1 Å². The number of nitrogens with one attached hydrogen (secondary N) is 1. The third-order valence-corrected chi connectivity index (χ3v) is 5.40. The van der Waals surface area contributed by atoms with Crippen LogP contribution < -0.4 is 11.1 Å². The van der Waals surface area contributed by atoms with Gasteiger partial charge >= 0.3 is 0 Å². The van der Waals surface area contributed by atoms with E-state index in [0.29, 0.717) is 27.4 Å². The van der Waals surface area contributed by atoms with Crippen molar-refractivity contribution in [2.75, 3.05) is 0 Å². The molecule has 6 heteroatoms. The van der Waals surface area contributed by atoms with Crippen LogP contribution in [0.3, 0.4) is 0 Å². The lowest BCUT2D eigenvalue weighted by molar-refractivity contribution is 0.0756. The van der Waals surface area contributed by atoms with Crippen molar-refractivity contribution in [2.24, 2.45) is 17.6 Å². The fourth-order valence-electron chi connectivity index (χ4n) is 3.93. The molecule has 0 aliphatic heterocycles. The van der Waals surface area contributed by atoms with E-state index in [4.69, 9.17) is 28.9 Å². The van der Waals surface area contributed by atoms with Crippen molar-refractivity contribution >= 4 is 41.5 Å². The van der Waals surface area contributed by atoms with Gasteiger partial charge in [0.05, 0.1) is 10.6 Å². The number of carbonyl (C=O) groups is 1. The second kappa shape index (κ2) is 7.39. The van der Waals surface area contributed by atoms with Gasteiger partial charge in [-0.15, -0.1) is 12.4 Å². The van der Waals surface area contributed by atoms with E-state index in [2.05, 4.69) is 5.32 Å². The molecule has 0 saturated heterocycles. The quantitative estimate of drug-likeness (QED) is 0.833. The third kappa shape index (κ3) is 3.70. The van der Waals surface area contributed by atoms with Crippen molar-refractivity contribution in [3.63, 3.8) is 0 Å². The predicted octanol–water partition coefficient (Wildman–Crippen LogP) is 4.05. The van der Waals surface area contributed by atoms with Crippen LogP contribution in [0.1, 0.15) is 42.5 Å². The number of hydrogen-bond donors (Lipinski definition) is 2. The van der Waals surface area contributed by atoms with Gasteiger partial charge in [-0.1, -0.05) is 29.6 Å². The molecule has 2 fully saturated rings. The molecule has 2 atom stereocenters. The lowest BCUT2D eigenvalue weighted by Crippen LogP contribution is -2.53. The Bertz CT molecular complexity index is 538. The zero-order valence-electron chi connectivity index (χ0n) is 12.2. The molecular formula is C16H21Cl3N2O. The fraction of sp³-hybridized carbons (Fsp3) is 0.562. The molecule has 2 bridgehead atoms. The highest BCUT2D eigenvalue weighted by atomic mass is 35.5. The summed E-state index contributed by atoms with van der Waals surface area (Å²) in [5, 5.41) is 4.14. The summed E-state index contributed by atoms with van der Waals surface area (Å²) < 4.78 is 0. The summed E-state index contributed by atoms with van der Waals surface area (Å²) in [5.41, 5.74) is 6.62. The first-order valence-electron chi connectivity index (χ1n) is 7.56. The Hall–Kier alpha value is -0.480. The van der Waals surface area contributed by atoms with E-state index in [-0.39, 0.29) is 30.4 Å². The highest BCUT2D eigenvalue weighted by molar-refractivity contribution is 6.36. The van der Waals surface area contributed by atoms with Gasteiger partial charge in [-0.05, 0) is 55.7 Å². The minimum absolute atomic E-state index is 0. The normalized spacial score (nSPS) is 30.3. The number of amides is 1. The highest BCUT2D eigenvalue weighted by Crippen LogP contribution is 2.39. The first-order valence-corrected chi connectivity index (χ1v) is 8.31. The van der Waals surface area contributed by atoms with Crippen molar-refractivity contribution < 1.29 is 4.79 Å². The van der Waals surface area contributed by atoms with Gasteiger partial charge in [-0.2, -0.15) is 0 Å². The number of carbonyl (C=O) groups excluding carboxylic acids is 1. The van der Waals surface area contributed by atoms with E-state index in [0.717, 1.165) is 25.7 Å². The Morgan fingerprint density at radius 3 is 2.41 bits per heavy atom. The van der Waals surface area contributed by atoms with Gasteiger partial charge in [-0.3, -0.25) is 4.79 Å². The molecule has 122 valence electrons. The van der Waals surface area contributed by atoms with Gasteiger partial charge in [0.15, 0.2) is 0 Å². The monoisotopic (exact) mass is 362 g/mol. The maximum atomic E-state index is 12.5. The van der Waals surface area contributed by atoms with Crippen LogP contribution in [-0.2, 0) is 0 Å². The molecular weight excluding hydrogens is 343 g/mol. The molecule has 22 heavy (non-hydrogen) atoms. The largest absolute Gasteiger partial charge is 0.349 e. The molecule has 3 nitrogen and oxygen atoms in total. The Labute approximate surface area is 147 Å². The van der Waals surface area contributed by atoms with Crippen LogP contribution in [0.2, 0.25) is 10.0 Å². The first-order chi connectivity index (χ1) is 10.0. The summed E-state index contributed by atoms with van der Waals surface area (Å²) in [6.07, 6.45) is 5.58. The second-order valence-corrected chi connectivity index (χ2v) is 7.15. The molecule has 0 spiro atoms. The van der Waals surface area contributed by atoms with Gasteiger partial charge in [0.2, 0.25) is 0 Å². The summed E-state index contributed by atoms with van der Waals surface area (Å²) in [6, 6.07) is 5.50. The van der Waals surface area contributed by atoms with E-state index in [1.54, 1.807) is 18.2 Å². The summed E-state index contributed by atoms with van der Waals surface area (Å²) in [7, 11) is 0. The standard InChI is InChI=1S/C16H20Cl2N2O.ClH/c17-11-4-5-13(14(18)8-11)16(21)20-15-9-2-1-3-10(15)7-12(19)6-9;/h4-5,8-10,12,15H,1-3,6-7,19H2,(H,20,21);1H. The maximum Gasteiger partial charge on any atom is 0.253 e. The third-order valence-electron chi connectivity index (χ3n) is 4.85. The average Bonchev–Trinajstić information content (AvgIpc) is 2.39. The van der Waals surface area contributed by atoms with Gasteiger partial charge in [0.1, 0.15) is 0 Å². The smallest absolute Gasteiger partial charge is 0.253 e. The minimum Gasteiger partial charge on any atom is -0.349 e.